The lowest BCUT2D eigenvalue weighted by Crippen LogP contribution is -2.29. The third kappa shape index (κ3) is 3.80. The van der Waals surface area contributed by atoms with Crippen LogP contribution in [0.25, 0.3) is 5.76 Å². The summed E-state index contributed by atoms with van der Waals surface area (Å²) in [4.78, 5) is 27.4. The molecule has 0 spiro atoms. The van der Waals surface area contributed by atoms with Crippen molar-refractivity contribution < 1.29 is 23.8 Å². The molecule has 8 heteroatoms. The minimum atomic E-state index is -0.971. The van der Waals surface area contributed by atoms with Gasteiger partial charge in [-0.25, -0.2) is 0 Å². The number of hydrogen-bond donors (Lipinski definition) is 1. The van der Waals surface area contributed by atoms with Crippen LogP contribution in [0.5, 0.6) is 5.75 Å². The second kappa shape index (κ2) is 8.49. The van der Waals surface area contributed by atoms with E-state index in [9.17, 15) is 14.7 Å². The molecule has 0 radical (unpaired) electrons. The van der Waals surface area contributed by atoms with Crippen LogP contribution in [0, 0.1) is 0 Å². The van der Waals surface area contributed by atoms with Crippen molar-refractivity contribution in [3.63, 3.8) is 0 Å². The number of ketones is 1. The summed E-state index contributed by atoms with van der Waals surface area (Å²) in [6, 6.07) is 13.6. The number of aliphatic hydroxyl groups excluding tert-OH is 1. The molecule has 1 fully saturated rings. The minimum absolute atomic E-state index is 0.111. The van der Waals surface area contributed by atoms with Gasteiger partial charge in [-0.3, -0.25) is 14.5 Å². The Balaban J connectivity index is 1.90. The van der Waals surface area contributed by atoms with E-state index in [1.165, 1.54) is 29.4 Å². The SMILES string of the molecule is CCOc1cccc(N2C(=O)C(=O)/C(=C(\O)c3ccc(Cl)c(Cl)c3)C2c2ccco2)c1. The smallest absolute Gasteiger partial charge is 0.300 e. The van der Waals surface area contributed by atoms with Crippen LogP contribution in [0.2, 0.25) is 10.0 Å². The van der Waals surface area contributed by atoms with E-state index in [2.05, 4.69) is 0 Å². The van der Waals surface area contributed by atoms with Crippen molar-refractivity contribution in [1.29, 1.82) is 0 Å². The average Bonchev–Trinajstić information content (AvgIpc) is 3.37. The zero-order valence-corrected chi connectivity index (χ0v) is 17.9. The number of Topliss-reactive ketones (excluding diaryl/α,β-unsaturated/α-hetero) is 1. The highest BCUT2D eigenvalue weighted by molar-refractivity contribution is 6.51. The summed E-state index contributed by atoms with van der Waals surface area (Å²) in [5.41, 5.74) is 0.579. The molecule has 1 amide bonds. The van der Waals surface area contributed by atoms with Crippen LogP contribution < -0.4 is 9.64 Å². The summed E-state index contributed by atoms with van der Waals surface area (Å²) in [6.07, 6.45) is 1.44. The predicted molar refractivity (Wildman–Crippen MR) is 118 cm³/mol. The number of benzene rings is 2. The first-order valence-corrected chi connectivity index (χ1v) is 10.2. The van der Waals surface area contributed by atoms with Crippen LogP contribution in [0.1, 0.15) is 24.3 Å². The van der Waals surface area contributed by atoms with Crippen LogP contribution in [0.15, 0.2) is 70.9 Å². The third-order valence-corrected chi connectivity index (χ3v) is 5.60. The Morgan fingerprint density at radius 2 is 1.90 bits per heavy atom. The molecular weight excluding hydrogens is 441 g/mol. The first kappa shape index (κ1) is 21.0. The van der Waals surface area contributed by atoms with Gasteiger partial charge in [-0.2, -0.15) is 0 Å². The number of rotatable bonds is 5. The van der Waals surface area contributed by atoms with Crippen molar-refractivity contribution in [3.8, 4) is 5.75 Å². The van der Waals surface area contributed by atoms with Crippen molar-refractivity contribution in [3.05, 3.63) is 87.8 Å². The normalized spacial score (nSPS) is 17.9. The molecule has 1 saturated heterocycles. The van der Waals surface area contributed by atoms with Gasteiger partial charge >= 0.3 is 0 Å². The van der Waals surface area contributed by atoms with Crippen molar-refractivity contribution in [1.82, 2.24) is 0 Å². The number of halogens is 2. The summed E-state index contributed by atoms with van der Waals surface area (Å²) in [6.45, 7) is 2.29. The summed E-state index contributed by atoms with van der Waals surface area (Å²) in [7, 11) is 0. The first-order chi connectivity index (χ1) is 14.9. The average molecular weight is 458 g/mol. The monoisotopic (exact) mass is 457 g/mol. The topological polar surface area (TPSA) is 80.0 Å². The third-order valence-electron chi connectivity index (χ3n) is 4.86. The zero-order chi connectivity index (χ0) is 22.1. The number of aliphatic hydroxyl groups is 1. The zero-order valence-electron chi connectivity index (χ0n) is 16.3. The lowest BCUT2D eigenvalue weighted by atomic mass is 9.99. The van der Waals surface area contributed by atoms with Crippen LogP contribution in [-0.4, -0.2) is 23.4 Å². The lowest BCUT2D eigenvalue weighted by Gasteiger charge is -2.23. The van der Waals surface area contributed by atoms with Crippen molar-refractivity contribution in [2.45, 2.75) is 13.0 Å². The highest BCUT2D eigenvalue weighted by atomic mass is 35.5. The van der Waals surface area contributed by atoms with Gasteiger partial charge in [0.2, 0.25) is 0 Å². The molecule has 3 aromatic rings. The van der Waals surface area contributed by atoms with Crippen LogP contribution in [-0.2, 0) is 9.59 Å². The molecule has 1 aliphatic heterocycles. The number of amides is 1. The molecule has 1 aliphatic rings. The minimum Gasteiger partial charge on any atom is -0.507 e. The second-order valence-electron chi connectivity index (χ2n) is 6.74. The van der Waals surface area contributed by atoms with E-state index in [-0.39, 0.29) is 21.9 Å². The van der Waals surface area contributed by atoms with Gasteiger partial charge in [0.15, 0.2) is 0 Å². The molecule has 2 aromatic carbocycles. The van der Waals surface area contributed by atoms with Crippen molar-refractivity contribution in [2.75, 3.05) is 11.5 Å². The Kier molecular flexibility index (Phi) is 5.76. The molecule has 1 N–H and O–H groups in total. The molecule has 4 rings (SSSR count). The van der Waals surface area contributed by atoms with E-state index < -0.39 is 17.7 Å². The lowest BCUT2D eigenvalue weighted by molar-refractivity contribution is -0.132. The molecule has 1 unspecified atom stereocenters. The Morgan fingerprint density at radius 1 is 1.10 bits per heavy atom. The maximum Gasteiger partial charge on any atom is 0.300 e. The Morgan fingerprint density at radius 3 is 2.58 bits per heavy atom. The van der Waals surface area contributed by atoms with Gasteiger partial charge in [0.05, 0.1) is 28.5 Å². The van der Waals surface area contributed by atoms with Gasteiger partial charge in [-0.05, 0) is 49.4 Å². The molecule has 31 heavy (non-hydrogen) atoms. The summed E-state index contributed by atoms with van der Waals surface area (Å²) in [5, 5.41) is 11.5. The van der Waals surface area contributed by atoms with E-state index in [1.807, 2.05) is 6.92 Å². The molecule has 6 nitrogen and oxygen atoms in total. The molecule has 0 bridgehead atoms. The Hall–Kier alpha value is -3.22. The molecule has 1 atom stereocenters. The van der Waals surface area contributed by atoms with E-state index in [4.69, 9.17) is 32.4 Å². The fourth-order valence-electron chi connectivity index (χ4n) is 3.50. The molecule has 158 valence electrons. The van der Waals surface area contributed by atoms with Gasteiger partial charge in [0.1, 0.15) is 23.3 Å². The highest BCUT2D eigenvalue weighted by Gasteiger charge is 2.48. The highest BCUT2D eigenvalue weighted by Crippen LogP contribution is 2.43. The summed E-state index contributed by atoms with van der Waals surface area (Å²) >= 11 is 12.0. The van der Waals surface area contributed by atoms with Crippen molar-refractivity contribution >= 4 is 46.3 Å². The Labute approximate surface area is 188 Å². The van der Waals surface area contributed by atoms with E-state index in [1.54, 1.807) is 36.4 Å². The quantitative estimate of drug-likeness (QED) is 0.305. The van der Waals surface area contributed by atoms with Crippen molar-refractivity contribution in [2.24, 2.45) is 0 Å². The van der Waals surface area contributed by atoms with Crippen LogP contribution in [0.3, 0.4) is 0 Å². The Bertz CT molecular complexity index is 1190. The van der Waals surface area contributed by atoms with Gasteiger partial charge in [-0.15, -0.1) is 0 Å². The first-order valence-electron chi connectivity index (χ1n) is 9.45. The summed E-state index contributed by atoms with van der Waals surface area (Å²) in [5.74, 6) is -1.14. The number of hydrogen-bond acceptors (Lipinski definition) is 5. The number of anilines is 1. The maximum absolute atomic E-state index is 13.0. The predicted octanol–water partition coefficient (Wildman–Crippen LogP) is 5.61. The number of ether oxygens (including phenoxy) is 1. The molecular formula is C23H17Cl2NO5. The molecule has 1 aromatic heterocycles. The largest absolute Gasteiger partial charge is 0.507 e. The van der Waals surface area contributed by atoms with Gasteiger partial charge in [-0.1, -0.05) is 29.3 Å². The van der Waals surface area contributed by atoms with E-state index >= 15 is 0 Å². The molecule has 0 saturated carbocycles. The molecule has 0 aliphatic carbocycles. The van der Waals surface area contributed by atoms with E-state index in [0.717, 1.165) is 0 Å². The fraction of sp³-hybridized carbons (Fsp3) is 0.130. The van der Waals surface area contributed by atoms with Gasteiger partial charge < -0.3 is 14.3 Å². The van der Waals surface area contributed by atoms with Crippen LogP contribution in [0.4, 0.5) is 5.69 Å². The van der Waals surface area contributed by atoms with Gasteiger partial charge in [0.25, 0.3) is 11.7 Å². The summed E-state index contributed by atoms with van der Waals surface area (Å²) < 4.78 is 11.1. The van der Waals surface area contributed by atoms with Gasteiger partial charge in [0, 0.05) is 17.3 Å². The fourth-order valence-corrected chi connectivity index (χ4v) is 3.80. The number of nitrogens with zero attached hydrogens (tertiary/aromatic N) is 1. The standard InChI is InChI=1S/C23H17Cl2NO5/c1-2-30-15-6-3-5-14(12-15)26-20(18-7-4-10-31-18)19(22(28)23(26)29)21(27)13-8-9-16(24)17(25)11-13/h3-12,20,27H,2H2,1H3/b21-19-. The second-order valence-corrected chi connectivity index (χ2v) is 7.56. The number of carbonyl (C=O) groups is 2. The molecule has 2 heterocycles. The number of carbonyl (C=O) groups excluding carboxylic acids is 2. The number of furan rings is 1. The maximum atomic E-state index is 13.0. The van der Waals surface area contributed by atoms with Crippen LogP contribution >= 0.6 is 23.2 Å². The van der Waals surface area contributed by atoms with E-state index in [0.29, 0.717) is 28.8 Å².